The molecule has 0 radical (unpaired) electrons. The van der Waals surface area contributed by atoms with Crippen LogP contribution in [0.4, 0.5) is 4.79 Å². The first kappa shape index (κ1) is 52.0. The number of methoxy groups -OCH3 is 1. The number of H-pyrrole nitrogens is 2. The zero-order valence-electron chi connectivity index (χ0n) is 36.2. The summed E-state index contributed by atoms with van der Waals surface area (Å²) in [7, 11) is 2.70. The maximum Gasteiger partial charge on any atom is 0.407 e. The third kappa shape index (κ3) is 11.6. The fourth-order valence-electron chi connectivity index (χ4n) is 8.24. The number of ether oxygens (including phenoxy) is 1. The van der Waals surface area contributed by atoms with Gasteiger partial charge >= 0.3 is 6.09 Å². The van der Waals surface area contributed by atoms with E-state index in [9.17, 15) is 14.4 Å². The Morgan fingerprint density at radius 3 is 1.84 bits per heavy atom. The highest BCUT2D eigenvalue weighted by molar-refractivity contribution is 7.59. The number of imidazole rings is 2. The second-order valence-corrected chi connectivity index (χ2v) is 16.0. The van der Waals surface area contributed by atoms with Gasteiger partial charge in [-0.3, -0.25) is 9.59 Å². The van der Waals surface area contributed by atoms with E-state index in [1.54, 1.807) is 0 Å². The van der Waals surface area contributed by atoms with E-state index in [-0.39, 0.29) is 89.7 Å². The summed E-state index contributed by atoms with van der Waals surface area (Å²) in [4.78, 5) is 73.5. The van der Waals surface area contributed by atoms with E-state index >= 15 is 0 Å². The number of amides is 3. The van der Waals surface area contributed by atoms with Gasteiger partial charge in [-0.1, -0.05) is 64.1 Å². The lowest BCUT2D eigenvalue weighted by Crippen LogP contribution is -2.51. The molecule has 4 heterocycles. The molecule has 2 aromatic heterocycles. The molecule has 14 nitrogen and oxygen atoms in total. The Morgan fingerprint density at radius 2 is 1.27 bits per heavy atom. The van der Waals surface area contributed by atoms with Crippen LogP contribution in [0.5, 0.6) is 0 Å². The molecule has 0 saturated carbocycles. The second-order valence-electron chi connectivity index (χ2n) is 16.0. The molecule has 2 aliphatic heterocycles. The number of alkyl carbamates (subject to hydrolysis) is 1. The SMILES string of the molecule is COOC=N[C@H](C(=O)N1CCC[C@H]1c1nc2ccc(-c3ccc(CCc4ccc5nc([C@@H]6CCCN6C(=O)[C@@H](NC(=O)OC)C(C)C)[nH]c5c4)cc3)cc2[nH]1)C(C)C.S.S.S.S. The number of carbonyl (C=O) groups excluding carboxylic acids is 3. The van der Waals surface area contributed by atoms with Crippen LogP contribution in [-0.4, -0.2) is 93.4 Å². The molecule has 0 spiro atoms. The molecule has 0 aliphatic carbocycles. The van der Waals surface area contributed by atoms with Crippen molar-refractivity contribution in [2.45, 2.75) is 90.4 Å². The number of aliphatic imine (C=N–C) groups is 1. The zero-order valence-corrected chi connectivity index (χ0v) is 40.2. The van der Waals surface area contributed by atoms with Crippen molar-refractivity contribution in [2.24, 2.45) is 16.8 Å². The van der Waals surface area contributed by atoms with Crippen LogP contribution in [0, 0.1) is 11.8 Å². The Kier molecular flexibility index (Phi) is 19.6. The fraction of sp³-hybridized carbons (Fsp3) is 0.455. The first-order chi connectivity index (χ1) is 28.0. The summed E-state index contributed by atoms with van der Waals surface area (Å²) in [5.41, 5.74) is 8.25. The number of nitrogens with zero attached hydrogens (tertiary/aromatic N) is 5. The van der Waals surface area contributed by atoms with Gasteiger partial charge in [-0.05, 0) is 96.9 Å². The van der Waals surface area contributed by atoms with Crippen LogP contribution in [0.2, 0.25) is 0 Å². The molecule has 3 amide bonds. The molecule has 2 aliphatic rings. The third-order valence-corrected chi connectivity index (χ3v) is 11.4. The summed E-state index contributed by atoms with van der Waals surface area (Å²) in [5.74, 6) is 1.30. The molecule has 5 aromatic rings. The fourth-order valence-corrected chi connectivity index (χ4v) is 8.24. The summed E-state index contributed by atoms with van der Waals surface area (Å²) >= 11 is 0. The van der Waals surface area contributed by atoms with Crippen LogP contribution in [0.25, 0.3) is 33.2 Å². The number of aryl methyl sites for hydroxylation is 2. The summed E-state index contributed by atoms with van der Waals surface area (Å²) in [5, 5.41) is 2.71. The molecule has 18 heteroatoms. The van der Waals surface area contributed by atoms with E-state index in [0.29, 0.717) is 13.1 Å². The molecule has 4 atom stereocenters. The van der Waals surface area contributed by atoms with Gasteiger partial charge in [0.25, 0.3) is 0 Å². The minimum atomic E-state index is -0.674. The molecule has 3 aromatic carbocycles. The van der Waals surface area contributed by atoms with Crippen molar-refractivity contribution in [3.63, 3.8) is 0 Å². The number of rotatable bonds is 14. The predicted molar refractivity (Wildman–Crippen MR) is 263 cm³/mol. The third-order valence-electron chi connectivity index (χ3n) is 11.4. The van der Waals surface area contributed by atoms with Crippen LogP contribution >= 0.6 is 54.0 Å². The summed E-state index contributed by atoms with van der Waals surface area (Å²) in [6.45, 7) is 9.04. The van der Waals surface area contributed by atoms with Crippen molar-refractivity contribution in [3.05, 3.63) is 83.4 Å². The standard InChI is InChI=1S/C44H54N8O6.4H2S/c1-26(2)38(45-25-58-57-6)42(53)51-21-7-9-36(51)41-47-33-20-18-31(24-35(33)49-41)30-16-13-28(14-17-30)11-12-29-15-19-32-34(23-29)48-40(46-32)37-10-8-22-52(37)43(54)39(27(3)4)50-44(55)56-5;;;;/h13-20,23-27,36-39H,7-12,21-22H2,1-6H3,(H,46,48)(H,47,49)(H,50,55);4*1H2/t36-,37-,38-,39-;;;;/m0..../s1. The lowest BCUT2D eigenvalue weighted by Gasteiger charge is -2.29. The number of aromatic amines is 2. The van der Waals surface area contributed by atoms with Gasteiger partial charge in [0.2, 0.25) is 18.2 Å². The van der Waals surface area contributed by atoms with Gasteiger partial charge in [-0.2, -0.15) is 58.9 Å². The number of aromatic nitrogens is 4. The highest BCUT2D eigenvalue weighted by atomic mass is 32.1. The molecule has 2 saturated heterocycles. The van der Waals surface area contributed by atoms with Crippen molar-refractivity contribution in [2.75, 3.05) is 27.3 Å². The van der Waals surface area contributed by atoms with Gasteiger partial charge in [0.1, 0.15) is 23.7 Å². The Balaban J connectivity index is 0.00000256. The van der Waals surface area contributed by atoms with E-state index in [4.69, 9.17) is 19.6 Å². The maximum atomic E-state index is 13.6. The van der Waals surface area contributed by atoms with Crippen LogP contribution in [0.1, 0.15) is 88.2 Å². The topological polar surface area (TPSA) is 167 Å². The normalized spacial score (nSPS) is 17.0. The minimum absolute atomic E-state index is 0. The Labute approximate surface area is 391 Å². The van der Waals surface area contributed by atoms with E-state index < -0.39 is 18.2 Å². The van der Waals surface area contributed by atoms with Crippen molar-refractivity contribution in [1.82, 2.24) is 35.1 Å². The number of fused-ring (bicyclic) bond motifs is 2. The number of benzene rings is 3. The predicted octanol–water partition coefficient (Wildman–Crippen LogP) is 7.68. The monoisotopic (exact) mass is 926 g/mol. The largest absolute Gasteiger partial charge is 0.453 e. The molecule has 338 valence electrons. The van der Waals surface area contributed by atoms with Gasteiger partial charge in [0, 0.05) is 13.1 Å². The number of likely N-dealkylation sites (tertiary alicyclic amines) is 2. The second kappa shape index (κ2) is 23.4. The highest BCUT2D eigenvalue weighted by Gasteiger charge is 2.38. The highest BCUT2D eigenvalue weighted by Crippen LogP contribution is 2.35. The zero-order chi connectivity index (χ0) is 40.9. The van der Waals surface area contributed by atoms with Gasteiger partial charge in [0.05, 0.1) is 48.4 Å². The number of hydrogen-bond acceptors (Lipinski definition) is 9. The van der Waals surface area contributed by atoms with Gasteiger partial charge < -0.3 is 34.7 Å². The lowest BCUT2D eigenvalue weighted by atomic mass is 10.00. The molecular weight excluding hydrogens is 865 g/mol. The molecule has 0 unspecified atom stereocenters. The molecule has 7 rings (SSSR count). The van der Waals surface area contributed by atoms with E-state index in [0.717, 1.165) is 83.4 Å². The van der Waals surface area contributed by atoms with Crippen molar-refractivity contribution < 1.29 is 28.9 Å². The van der Waals surface area contributed by atoms with Gasteiger partial charge in [-0.25, -0.2) is 19.8 Å². The average Bonchev–Trinajstić information content (AvgIpc) is 4.05. The first-order valence-corrected chi connectivity index (χ1v) is 20.3. The Morgan fingerprint density at radius 1 is 0.742 bits per heavy atom. The van der Waals surface area contributed by atoms with E-state index in [1.165, 1.54) is 31.7 Å². The summed E-state index contributed by atoms with van der Waals surface area (Å²) in [6, 6.07) is 19.7. The first-order valence-electron chi connectivity index (χ1n) is 20.3. The van der Waals surface area contributed by atoms with Crippen molar-refractivity contribution >= 4 is 100 Å². The van der Waals surface area contributed by atoms with Crippen molar-refractivity contribution in [3.8, 4) is 11.1 Å². The molecule has 3 N–H and O–H groups in total. The van der Waals surface area contributed by atoms with E-state index in [2.05, 4.69) is 73.7 Å². The van der Waals surface area contributed by atoms with E-state index in [1.807, 2.05) is 49.6 Å². The smallest absolute Gasteiger partial charge is 0.407 e. The average molecular weight is 927 g/mol. The Hall–Kier alpha value is -4.36. The van der Waals surface area contributed by atoms with Crippen LogP contribution in [0.3, 0.4) is 0 Å². The van der Waals surface area contributed by atoms with Crippen LogP contribution in [0.15, 0.2) is 65.7 Å². The lowest BCUT2D eigenvalue weighted by molar-refractivity contribution is -0.188. The number of hydrogen-bond donors (Lipinski definition) is 3. The quantitative estimate of drug-likeness (QED) is 0.0442. The maximum absolute atomic E-state index is 13.6. The molecular formula is C44H62N8O6S4. The van der Waals surface area contributed by atoms with Gasteiger partial charge in [0.15, 0.2) is 0 Å². The van der Waals surface area contributed by atoms with Gasteiger partial charge in [-0.15, -0.1) is 0 Å². The summed E-state index contributed by atoms with van der Waals surface area (Å²) in [6.07, 6.45) is 5.72. The Bertz CT molecular complexity index is 2280. The minimum Gasteiger partial charge on any atom is -0.453 e. The summed E-state index contributed by atoms with van der Waals surface area (Å²) < 4.78 is 4.77. The molecule has 62 heavy (non-hydrogen) atoms. The van der Waals surface area contributed by atoms with Crippen LogP contribution in [-0.2, 0) is 36.9 Å². The molecule has 2 fully saturated rings. The van der Waals surface area contributed by atoms with Crippen molar-refractivity contribution in [1.29, 1.82) is 0 Å². The number of carbonyl (C=O) groups is 3. The van der Waals surface area contributed by atoms with Crippen LogP contribution < -0.4 is 5.32 Å². The number of nitrogens with one attached hydrogen (secondary N) is 3. The molecule has 0 bridgehead atoms.